The van der Waals surface area contributed by atoms with Gasteiger partial charge in [0.2, 0.25) is 0 Å². The van der Waals surface area contributed by atoms with Gasteiger partial charge < -0.3 is 10.7 Å². The number of anilines is 1. The second-order valence-electron chi connectivity index (χ2n) is 4.92. The molecule has 1 rings (SSSR count). The van der Waals surface area contributed by atoms with Gasteiger partial charge in [-0.2, -0.15) is 0 Å². The van der Waals surface area contributed by atoms with E-state index >= 15 is 0 Å². The van der Waals surface area contributed by atoms with Crippen molar-refractivity contribution in [2.45, 2.75) is 46.1 Å². The number of benzene rings is 1. The lowest BCUT2D eigenvalue weighted by Crippen LogP contribution is -2.45. The van der Waals surface area contributed by atoms with E-state index in [-0.39, 0.29) is 11.4 Å². The third-order valence-electron chi connectivity index (χ3n) is 3.55. The molecule has 0 fully saturated rings. The molecule has 0 bridgehead atoms. The minimum absolute atomic E-state index is 0.0853. The van der Waals surface area contributed by atoms with Gasteiger partial charge in [-0.25, -0.2) is 0 Å². The molecule has 4 N–H and O–H groups in total. The van der Waals surface area contributed by atoms with Crippen LogP contribution >= 0.6 is 0 Å². The third kappa shape index (κ3) is 3.23. The lowest BCUT2D eigenvalue weighted by molar-refractivity contribution is 0.0902. The molecule has 100 valence electrons. The number of nitrogens with one attached hydrogen (secondary N) is 2. The summed E-state index contributed by atoms with van der Waals surface area (Å²) in [5.41, 5.74) is 4.66. The molecule has 0 radical (unpaired) electrons. The van der Waals surface area contributed by atoms with Crippen LogP contribution < -0.4 is 16.6 Å². The van der Waals surface area contributed by atoms with Gasteiger partial charge in [-0.3, -0.25) is 10.6 Å². The van der Waals surface area contributed by atoms with E-state index in [2.05, 4.69) is 31.5 Å². The summed E-state index contributed by atoms with van der Waals surface area (Å²) in [4.78, 5) is 12.3. The molecular weight excluding hydrogens is 226 g/mol. The summed E-state index contributed by atoms with van der Waals surface area (Å²) in [6.45, 7) is 8.15. The first-order valence-electron chi connectivity index (χ1n) is 6.35. The smallest absolute Gasteiger partial charge is 0.253 e. The highest BCUT2D eigenvalue weighted by molar-refractivity contribution is 6.00. The Labute approximate surface area is 109 Å². The predicted molar refractivity (Wildman–Crippen MR) is 75.4 cm³/mol. The first-order valence-corrected chi connectivity index (χ1v) is 6.35. The van der Waals surface area contributed by atoms with Crippen molar-refractivity contribution in [3.63, 3.8) is 0 Å². The number of amides is 1. The standard InChI is InChI=1S/C14H23N3O/c1-5-14(4,6-2)16-13(18)11-9-10(3)7-8-12(11)17-15/h7-9,17H,5-6,15H2,1-4H3,(H,16,18). The van der Waals surface area contributed by atoms with Gasteiger partial charge in [0.25, 0.3) is 5.91 Å². The van der Waals surface area contributed by atoms with E-state index in [9.17, 15) is 4.79 Å². The Morgan fingerprint density at radius 3 is 2.44 bits per heavy atom. The fourth-order valence-corrected chi connectivity index (χ4v) is 1.74. The van der Waals surface area contributed by atoms with Gasteiger partial charge in [0, 0.05) is 5.54 Å². The zero-order valence-electron chi connectivity index (χ0n) is 11.6. The zero-order valence-corrected chi connectivity index (χ0v) is 11.6. The lowest BCUT2D eigenvalue weighted by Gasteiger charge is -2.28. The van der Waals surface area contributed by atoms with E-state index in [0.717, 1.165) is 18.4 Å². The fourth-order valence-electron chi connectivity index (χ4n) is 1.74. The maximum Gasteiger partial charge on any atom is 0.253 e. The van der Waals surface area contributed by atoms with Gasteiger partial charge in [0.15, 0.2) is 0 Å². The van der Waals surface area contributed by atoms with Crippen LogP contribution in [0.4, 0.5) is 5.69 Å². The molecule has 1 amide bonds. The summed E-state index contributed by atoms with van der Waals surface area (Å²) < 4.78 is 0. The molecule has 0 spiro atoms. The maximum atomic E-state index is 12.3. The molecule has 0 atom stereocenters. The molecule has 0 aromatic heterocycles. The summed E-state index contributed by atoms with van der Waals surface area (Å²) >= 11 is 0. The van der Waals surface area contributed by atoms with Crippen molar-refractivity contribution in [2.24, 2.45) is 5.84 Å². The first-order chi connectivity index (χ1) is 8.45. The number of carbonyl (C=O) groups is 1. The van der Waals surface area contributed by atoms with E-state index in [4.69, 9.17) is 5.84 Å². The predicted octanol–water partition coefficient (Wildman–Crippen LogP) is 2.59. The Balaban J connectivity index is 3.00. The van der Waals surface area contributed by atoms with Gasteiger partial charge >= 0.3 is 0 Å². The van der Waals surface area contributed by atoms with Crippen molar-refractivity contribution in [1.29, 1.82) is 0 Å². The number of rotatable bonds is 5. The van der Waals surface area contributed by atoms with Crippen LogP contribution in [-0.2, 0) is 0 Å². The monoisotopic (exact) mass is 249 g/mol. The average molecular weight is 249 g/mol. The van der Waals surface area contributed by atoms with Crippen molar-refractivity contribution >= 4 is 11.6 Å². The highest BCUT2D eigenvalue weighted by Gasteiger charge is 2.23. The quantitative estimate of drug-likeness (QED) is 0.555. The molecule has 4 heteroatoms. The van der Waals surface area contributed by atoms with Gasteiger partial charge in [0.1, 0.15) is 0 Å². The number of aryl methyl sites for hydroxylation is 1. The number of carbonyl (C=O) groups excluding carboxylic acids is 1. The maximum absolute atomic E-state index is 12.3. The Bertz CT molecular complexity index is 425. The SMILES string of the molecule is CCC(C)(CC)NC(=O)c1cc(C)ccc1NN. The summed E-state index contributed by atoms with van der Waals surface area (Å²) in [7, 11) is 0. The van der Waals surface area contributed by atoms with Crippen LogP contribution in [0.5, 0.6) is 0 Å². The molecule has 4 nitrogen and oxygen atoms in total. The van der Waals surface area contributed by atoms with E-state index in [1.807, 2.05) is 25.1 Å². The number of nitrogen functional groups attached to an aromatic ring is 1. The summed E-state index contributed by atoms with van der Waals surface area (Å²) in [6.07, 6.45) is 1.79. The molecule has 18 heavy (non-hydrogen) atoms. The zero-order chi connectivity index (χ0) is 13.8. The third-order valence-corrected chi connectivity index (χ3v) is 3.55. The Morgan fingerprint density at radius 2 is 1.94 bits per heavy atom. The Morgan fingerprint density at radius 1 is 1.33 bits per heavy atom. The lowest BCUT2D eigenvalue weighted by atomic mass is 9.94. The van der Waals surface area contributed by atoms with Crippen LogP contribution in [0.15, 0.2) is 18.2 Å². The molecule has 0 aliphatic heterocycles. The van der Waals surface area contributed by atoms with Crippen LogP contribution in [-0.4, -0.2) is 11.4 Å². The van der Waals surface area contributed by atoms with Gasteiger partial charge in [0.05, 0.1) is 11.3 Å². The first kappa shape index (κ1) is 14.5. The normalized spacial score (nSPS) is 11.2. The molecule has 0 saturated carbocycles. The second-order valence-corrected chi connectivity index (χ2v) is 4.92. The highest BCUT2D eigenvalue weighted by Crippen LogP contribution is 2.19. The largest absolute Gasteiger partial charge is 0.347 e. The van der Waals surface area contributed by atoms with Crippen LogP contribution in [0.2, 0.25) is 0 Å². The van der Waals surface area contributed by atoms with E-state index < -0.39 is 0 Å². The molecule has 0 aliphatic rings. The highest BCUT2D eigenvalue weighted by atomic mass is 16.1. The van der Waals surface area contributed by atoms with E-state index in [1.54, 1.807) is 0 Å². The van der Waals surface area contributed by atoms with Crippen LogP contribution in [0, 0.1) is 6.92 Å². The summed E-state index contributed by atoms with van der Waals surface area (Å²) in [5, 5.41) is 3.08. The number of hydrogen-bond donors (Lipinski definition) is 3. The van der Waals surface area contributed by atoms with Crippen molar-refractivity contribution in [1.82, 2.24) is 5.32 Å². The molecule has 0 unspecified atom stereocenters. The molecule has 0 saturated heterocycles. The molecular formula is C14H23N3O. The number of hydrogen-bond acceptors (Lipinski definition) is 3. The molecule has 1 aromatic rings. The molecule has 0 aliphatic carbocycles. The molecule has 0 heterocycles. The molecule has 1 aromatic carbocycles. The van der Waals surface area contributed by atoms with Crippen molar-refractivity contribution in [3.05, 3.63) is 29.3 Å². The number of hydrazine groups is 1. The van der Waals surface area contributed by atoms with Crippen molar-refractivity contribution in [3.8, 4) is 0 Å². The van der Waals surface area contributed by atoms with Crippen molar-refractivity contribution < 1.29 is 4.79 Å². The Hall–Kier alpha value is -1.55. The number of nitrogens with two attached hydrogens (primary N) is 1. The van der Waals surface area contributed by atoms with Crippen molar-refractivity contribution in [2.75, 3.05) is 5.43 Å². The minimum atomic E-state index is -0.174. The second kappa shape index (κ2) is 5.87. The van der Waals surface area contributed by atoms with Crippen LogP contribution in [0.1, 0.15) is 49.5 Å². The summed E-state index contributed by atoms with van der Waals surface area (Å²) in [5.74, 6) is 5.35. The van der Waals surface area contributed by atoms with Crippen LogP contribution in [0.3, 0.4) is 0 Å². The topological polar surface area (TPSA) is 67.2 Å². The van der Waals surface area contributed by atoms with E-state index in [0.29, 0.717) is 11.3 Å². The Kier molecular flexibility index (Phi) is 4.73. The van der Waals surface area contributed by atoms with E-state index in [1.165, 1.54) is 0 Å². The fraction of sp³-hybridized carbons (Fsp3) is 0.500. The van der Waals surface area contributed by atoms with Gasteiger partial charge in [-0.1, -0.05) is 25.5 Å². The van der Waals surface area contributed by atoms with Crippen LogP contribution in [0.25, 0.3) is 0 Å². The van der Waals surface area contributed by atoms with Gasteiger partial charge in [-0.05, 0) is 38.8 Å². The minimum Gasteiger partial charge on any atom is -0.347 e. The van der Waals surface area contributed by atoms with Gasteiger partial charge in [-0.15, -0.1) is 0 Å². The summed E-state index contributed by atoms with van der Waals surface area (Å²) in [6, 6.07) is 5.58. The average Bonchev–Trinajstić information content (AvgIpc) is 2.38.